The van der Waals surface area contributed by atoms with E-state index in [0.717, 1.165) is 13.0 Å². The Labute approximate surface area is 65.4 Å². The summed E-state index contributed by atoms with van der Waals surface area (Å²) < 4.78 is 0. The minimum atomic E-state index is -0.244. The summed E-state index contributed by atoms with van der Waals surface area (Å²) in [4.78, 5) is 23.9. The van der Waals surface area contributed by atoms with Crippen molar-refractivity contribution in [3.05, 3.63) is 0 Å². The van der Waals surface area contributed by atoms with Gasteiger partial charge < -0.3 is 4.90 Å². The number of carbonyl (C=O) groups is 2. The molecule has 0 aromatic carbocycles. The molecule has 1 saturated carbocycles. The molecule has 1 spiro atoms. The fourth-order valence-electron chi connectivity index (χ4n) is 2.03. The highest BCUT2D eigenvalue weighted by atomic mass is 16.2. The molecule has 2 fully saturated rings. The van der Waals surface area contributed by atoms with Crippen LogP contribution in [0.5, 0.6) is 0 Å². The van der Waals surface area contributed by atoms with Gasteiger partial charge in [-0.15, -0.1) is 0 Å². The molecule has 0 N–H and O–H groups in total. The summed E-state index contributed by atoms with van der Waals surface area (Å²) in [6, 6.07) is 0. The molecular weight excluding hydrogens is 142 g/mol. The fourth-order valence-corrected chi connectivity index (χ4v) is 2.03. The Balaban J connectivity index is 2.17. The molecule has 0 bridgehead atoms. The minimum Gasteiger partial charge on any atom is -0.345 e. The first-order valence-electron chi connectivity index (χ1n) is 3.91. The maximum atomic E-state index is 11.4. The van der Waals surface area contributed by atoms with Gasteiger partial charge in [-0.05, 0) is 6.42 Å². The molecule has 1 aliphatic carbocycles. The SMILES string of the molecule is CN1CCC2(CC(=O)C2)C1=O. The summed E-state index contributed by atoms with van der Waals surface area (Å²) in [6.45, 7) is 0.826. The van der Waals surface area contributed by atoms with Gasteiger partial charge in [-0.25, -0.2) is 0 Å². The van der Waals surface area contributed by atoms with E-state index in [2.05, 4.69) is 0 Å². The summed E-state index contributed by atoms with van der Waals surface area (Å²) in [6.07, 6.45) is 1.88. The fraction of sp³-hybridized carbons (Fsp3) is 0.750. The van der Waals surface area contributed by atoms with Gasteiger partial charge in [-0.1, -0.05) is 0 Å². The Morgan fingerprint density at radius 3 is 2.36 bits per heavy atom. The molecule has 0 aromatic rings. The van der Waals surface area contributed by atoms with E-state index in [1.807, 2.05) is 0 Å². The third-order valence-electron chi connectivity index (χ3n) is 2.80. The van der Waals surface area contributed by atoms with Gasteiger partial charge in [0.25, 0.3) is 0 Å². The van der Waals surface area contributed by atoms with Crippen molar-refractivity contribution in [1.82, 2.24) is 4.90 Å². The summed E-state index contributed by atoms with van der Waals surface area (Å²) in [5.74, 6) is 0.422. The topological polar surface area (TPSA) is 37.4 Å². The van der Waals surface area contributed by atoms with E-state index in [-0.39, 0.29) is 17.1 Å². The van der Waals surface area contributed by atoms with Gasteiger partial charge in [0, 0.05) is 26.4 Å². The monoisotopic (exact) mass is 153 g/mol. The molecule has 1 heterocycles. The number of hydrogen-bond acceptors (Lipinski definition) is 2. The number of Topliss-reactive ketones (excluding diaryl/α,β-unsaturated/α-hetero) is 1. The van der Waals surface area contributed by atoms with Crippen molar-refractivity contribution in [2.24, 2.45) is 5.41 Å². The molecule has 3 heteroatoms. The van der Waals surface area contributed by atoms with Crippen LogP contribution >= 0.6 is 0 Å². The van der Waals surface area contributed by atoms with Crippen LogP contribution < -0.4 is 0 Å². The normalized spacial score (nSPS) is 27.9. The van der Waals surface area contributed by atoms with E-state index in [9.17, 15) is 9.59 Å². The number of rotatable bonds is 0. The predicted molar refractivity (Wildman–Crippen MR) is 38.9 cm³/mol. The number of ketones is 1. The third-order valence-corrected chi connectivity index (χ3v) is 2.80. The number of hydrogen-bond donors (Lipinski definition) is 0. The van der Waals surface area contributed by atoms with Crippen LogP contribution in [-0.2, 0) is 9.59 Å². The summed E-state index contributed by atoms with van der Waals surface area (Å²) >= 11 is 0. The molecular formula is C8H11NO2. The minimum absolute atomic E-state index is 0.178. The highest BCUT2D eigenvalue weighted by Gasteiger charge is 2.53. The van der Waals surface area contributed by atoms with Crippen molar-refractivity contribution in [2.75, 3.05) is 13.6 Å². The Bertz CT molecular complexity index is 226. The average Bonchev–Trinajstić information content (AvgIpc) is 2.16. The zero-order valence-electron chi connectivity index (χ0n) is 6.59. The van der Waals surface area contributed by atoms with Crippen LogP contribution in [0.15, 0.2) is 0 Å². The van der Waals surface area contributed by atoms with Crippen LogP contribution in [0.3, 0.4) is 0 Å². The Kier molecular flexibility index (Phi) is 1.14. The zero-order valence-corrected chi connectivity index (χ0v) is 6.59. The molecule has 3 nitrogen and oxygen atoms in total. The smallest absolute Gasteiger partial charge is 0.229 e. The lowest BCUT2D eigenvalue weighted by Gasteiger charge is -2.33. The van der Waals surface area contributed by atoms with Crippen LogP contribution in [0, 0.1) is 5.41 Å². The van der Waals surface area contributed by atoms with Crippen molar-refractivity contribution in [2.45, 2.75) is 19.3 Å². The quantitative estimate of drug-likeness (QED) is 0.498. The summed E-state index contributed by atoms with van der Waals surface area (Å²) in [5, 5.41) is 0. The molecule has 60 valence electrons. The van der Waals surface area contributed by atoms with Crippen molar-refractivity contribution in [3.63, 3.8) is 0 Å². The Hall–Kier alpha value is -0.860. The molecule has 0 aromatic heterocycles. The lowest BCUT2D eigenvalue weighted by molar-refractivity contribution is -0.148. The maximum Gasteiger partial charge on any atom is 0.229 e. The van der Waals surface area contributed by atoms with Crippen LogP contribution in [0.2, 0.25) is 0 Å². The molecule has 11 heavy (non-hydrogen) atoms. The van der Waals surface area contributed by atoms with Crippen LogP contribution in [0.4, 0.5) is 0 Å². The largest absolute Gasteiger partial charge is 0.345 e. The lowest BCUT2D eigenvalue weighted by atomic mass is 9.67. The first-order chi connectivity index (χ1) is 5.14. The van der Waals surface area contributed by atoms with E-state index in [1.165, 1.54) is 0 Å². The third kappa shape index (κ3) is 0.737. The maximum absolute atomic E-state index is 11.4. The second-order valence-electron chi connectivity index (χ2n) is 3.65. The van der Waals surface area contributed by atoms with Gasteiger partial charge in [0.2, 0.25) is 5.91 Å². The number of amides is 1. The zero-order chi connectivity index (χ0) is 8.06. The number of likely N-dealkylation sites (tertiary alicyclic amines) is 1. The molecule has 1 aliphatic heterocycles. The number of carbonyl (C=O) groups excluding carboxylic acids is 2. The van der Waals surface area contributed by atoms with Crippen molar-refractivity contribution in [1.29, 1.82) is 0 Å². The highest BCUT2D eigenvalue weighted by molar-refractivity contribution is 6.00. The van der Waals surface area contributed by atoms with E-state index in [0.29, 0.717) is 12.8 Å². The van der Waals surface area contributed by atoms with Crippen molar-refractivity contribution < 1.29 is 9.59 Å². The van der Waals surface area contributed by atoms with E-state index < -0.39 is 0 Å². The van der Waals surface area contributed by atoms with Gasteiger partial charge in [-0.3, -0.25) is 9.59 Å². The van der Waals surface area contributed by atoms with Gasteiger partial charge >= 0.3 is 0 Å². The van der Waals surface area contributed by atoms with Gasteiger partial charge in [0.05, 0.1) is 5.41 Å². The summed E-state index contributed by atoms with van der Waals surface area (Å²) in [5.41, 5.74) is -0.244. The Morgan fingerprint density at radius 1 is 1.36 bits per heavy atom. The molecule has 0 unspecified atom stereocenters. The van der Waals surface area contributed by atoms with Crippen LogP contribution in [-0.4, -0.2) is 30.2 Å². The molecule has 0 radical (unpaired) electrons. The molecule has 1 amide bonds. The van der Waals surface area contributed by atoms with E-state index in [1.54, 1.807) is 11.9 Å². The molecule has 2 rings (SSSR count). The number of nitrogens with zero attached hydrogens (tertiary/aromatic N) is 1. The molecule has 0 atom stereocenters. The molecule has 1 saturated heterocycles. The highest BCUT2D eigenvalue weighted by Crippen LogP contribution is 2.46. The van der Waals surface area contributed by atoms with Crippen LogP contribution in [0.25, 0.3) is 0 Å². The average molecular weight is 153 g/mol. The van der Waals surface area contributed by atoms with Crippen LogP contribution in [0.1, 0.15) is 19.3 Å². The Morgan fingerprint density at radius 2 is 2.00 bits per heavy atom. The van der Waals surface area contributed by atoms with Crippen molar-refractivity contribution >= 4 is 11.7 Å². The summed E-state index contributed by atoms with van der Waals surface area (Å²) in [7, 11) is 1.81. The second kappa shape index (κ2) is 1.84. The van der Waals surface area contributed by atoms with E-state index in [4.69, 9.17) is 0 Å². The standard InChI is InChI=1S/C8H11NO2/c1-9-3-2-8(7(9)11)4-6(10)5-8/h2-5H2,1H3. The lowest BCUT2D eigenvalue weighted by Crippen LogP contribution is -2.43. The first kappa shape index (κ1) is 6.83. The van der Waals surface area contributed by atoms with Gasteiger partial charge in [0.15, 0.2) is 0 Å². The predicted octanol–water partition coefficient (Wildman–Crippen LogP) is 0.198. The molecule has 2 aliphatic rings. The van der Waals surface area contributed by atoms with Gasteiger partial charge in [-0.2, -0.15) is 0 Å². The van der Waals surface area contributed by atoms with Crippen molar-refractivity contribution in [3.8, 4) is 0 Å². The first-order valence-corrected chi connectivity index (χ1v) is 3.91. The van der Waals surface area contributed by atoms with E-state index >= 15 is 0 Å². The second-order valence-corrected chi connectivity index (χ2v) is 3.65. The van der Waals surface area contributed by atoms with Gasteiger partial charge in [0.1, 0.15) is 5.78 Å².